The minimum atomic E-state index is -0.423. The molecule has 27 heavy (non-hydrogen) atoms. The topological polar surface area (TPSA) is 86.5 Å². The SMILES string of the molecule is C[C@@H](NC(=O)/C=C/c1ccccc1)c1nc(-c2ccc3c(c2)OCO3)no1. The molecule has 0 bridgehead atoms. The van der Waals surface area contributed by atoms with E-state index in [1.807, 2.05) is 36.4 Å². The first-order valence-electron chi connectivity index (χ1n) is 8.46. The molecule has 0 saturated heterocycles. The van der Waals surface area contributed by atoms with Crippen LogP contribution in [0.1, 0.15) is 24.4 Å². The summed E-state index contributed by atoms with van der Waals surface area (Å²) in [5.41, 5.74) is 1.69. The molecule has 0 fully saturated rings. The molecule has 7 nitrogen and oxygen atoms in total. The van der Waals surface area contributed by atoms with Crippen LogP contribution in [0.2, 0.25) is 0 Å². The molecule has 136 valence electrons. The molecule has 4 rings (SSSR count). The van der Waals surface area contributed by atoms with Gasteiger partial charge in [-0.3, -0.25) is 4.79 Å². The Balaban J connectivity index is 1.42. The lowest BCUT2D eigenvalue weighted by molar-refractivity contribution is -0.117. The average Bonchev–Trinajstić information content (AvgIpc) is 3.36. The van der Waals surface area contributed by atoms with Gasteiger partial charge < -0.3 is 19.3 Å². The molecule has 3 aromatic rings. The van der Waals surface area contributed by atoms with Gasteiger partial charge in [-0.25, -0.2) is 0 Å². The largest absolute Gasteiger partial charge is 0.454 e. The van der Waals surface area contributed by atoms with Crippen molar-refractivity contribution in [2.45, 2.75) is 13.0 Å². The number of carbonyl (C=O) groups excluding carboxylic acids is 1. The van der Waals surface area contributed by atoms with Crippen molar-refractivity contribution in [3.05, 3.63) is 66.1 Å². The molecule has 1 aliphatic rings. The fraction of sp³-hybridized carbons (Fsp3) is 0.150. The van der Waals surface area contributed by atoms with Crippen LogP contribution in [0.25, 0.3) is 17.5 Å². The van der Waals surface area contributed by atoms with Crippen LogP contribution < -0.4 is 14.8 Å². The zero-order valence-electron chi connectivity index (χ0n) is 14.6. The molecule has 1 amide bonds. The number of ether oxygens (including phenoxy) is 2. The van der Waals surface area contributed by atoms with Crippen LogP contribution in [0.5, 0.6) is 11.5 Å². The van der Waals surface area contributed by atoms with Gasteiger partial charge >= 0.3 is 0 Å². The van der Waals surface area contributed by atoms with Crippen LogP contribution in [0, 0.1) is 0 Å². The van der Waals surface area contributed by atoms with Gasteiger partial charge in [-0.15, -0.1) is 0 Å². The number of fused-ring (bicyclic) bond motifs is 1. The van der Waals surface area contributed by atoms with E-state index in [2.05, 4.69) is 15.5 Å². The van der Waals surface area contributed by atoms with Gasteiger partial charge in [0.25, 0.3) is 0 Å². The minimum absolute atomic E-state index is 0.204. The van der Waals surface area contributed by atoms with Crippen molar-refractivity contribution < 1.29 is 18.8 Å². The summed E-state index contributed by atoms with van der Waals surface area (Å²) in [6.07, 6.45) is 3.22. The Hall–Kier alpha value is -3.61. The van der Waals surface area contributed by atoms with Gasteiger partial charge in [0.2, 0.25) is 24.4 Å². The summed E-state index contributed by atoms with van der Waals surface area (Å²) in [4.78, 5) is 16.5. The Labute approximate surface area is 155 Å². The molecule has 0 radical (unpaired) electrons. The zero-order valence-corrected chi connectivity index (χ0v) is 14.6. The van der Waals surface area contributed by atoms with E-state index < -0.39 is 6.04 Å². The van der Waals surface area contributed by atoms with Crippen LogP contribution in [0.15, 0.2) is 59.1 Å². The molecule has 0 unspecified atom stereocenters. The Bertz CT molecular complexity index is 982. The molecule has 0 spiro atoms. The van der Waals surface area contributed by atoms with E-state index in [4.69, 9.17) is 14.0 Å². The van der Waals surface area contributed by atoms with Crippen LogP contribution in [0.3, 0.4) is 0 Å². The number of hydrogen-bond acceptors (Lipinski definition) is 6. The molecule has 2 heterocycles. The van der Waals surface area contributed by atoms with Gasteiger partial charge in [-0.05, 0) is 36.8 Å². The Kier molecular flexibility index (Phi) is 4.57. The molecule has 2 aromatic carbocycles. The van der Waals surface area contributed by atoms with Gasteiger partial charge in [0.05, 0.1) is 0 Å². The quantitative estimate of drug-likeness (QED) is 0.700. The molecular weight excluding hydrogens is 346 g/mol. The van der Waals surface area contributed by atoms with Crippen molar-refractivity contribution in [1.29, 1.82) is 0 Å². The number of benzene rings is 2. The van der Waals surface area contributed by atoms with E-state index in [1.54, 1.807) is 25.1 Å². The predicted molar refractivity (Wildman–Crippen MR) is 97.9 cm³/mol. The molecule has 1 aromatic heterocycles. The van der Waals surface area contributed by atoms with Crippen molar-refractivity contribution in [2.24, 2.45) is 0 Å². The van der Waals surface area contributed by atoms with Crippen molar-refractivity contribution in [3.8, 4) is 22.9 Å². The summed E-state index contributed by atoms with van der Waals surface area (Å²) < 4.78 is 15.9. The monoisotopic (exact) mass is 363 g/mol. The second kappa shape index (κ2) is 7.33. The fourth-order valence-electron chi connectivity index (χ4n) is 2.62. The first-order valence-corrected chi connectivity index (χ1v) is 8.46. The third-order valence-electron chi connectivity index (χ3n) is 4.03. The van der Waals surface area contributed by atoms with Crippen LogP contribution >= 0.6 is 0 Å². The average molecular weight is 363 g/mol. The highest BCUT2D eigenvalue weighted by Crippen LogP contribution is 2.35. The fourth-order valence-corrected chi connectivity index (χ4v) is 2.62. The highest BCUT2D eigenvalue weighted by molar-refractivity contribution is 5.91. The van der Waals surface area contributed by atoms with Gasteiger partial charge in [0.1, 0.15) is 6.04 Å². The van der Waals surface area contributed by atoms with Gasteiger partial charge in [0, 0.05) is 11.6 Å². The number of rotatable bonds is 5. The Morgan fingerprint density at radius 1 is 1.15 bits per heavy atom. The molecular formula is C20H17N3O4. The smallest absolute Gasteiger partial charge is 0.249 e. The number of carbonyl (C=O) groups is 1. The summed E-state index contributed by atoms with van der Waals surface area (Å²) in [5.74, 6) is 1.84. The maximum Gasteiger partial charge on any atom is 0.249 e. The Morgan fingerprint density at radius 2 is 1.96 bits per heavy atom. The summed E-state index contributed by atoms with van der Waals surface area (Å²) in [7, 11) is 0. The normalized spacial score (nSPS) is 13.7. The van der Waals surface area contributed by atoms with E-state index in [0.29, 0.717) is 23.2 Å². The second-order valence-corrected chi connectivity index (χ2v) is 6.00. The highest BCUT2D eigenvalue weighted by Gasteiger charge is 2.19. The lowest BCUT2D eigenvalue weighted by Gasteiger charge is -2.06. The molecule has 0 aliphatic carbocycles. The molecule has 1 N–H and O–H groups in total. The van der Waals surface area contributed by atoms with E-state index in [-0.39, 0.29) is 12.7 Å². The first kappa shape index (κ1) is 16.8. The van der Waals surface area contributed by atoms with Crippen LogP contribution in [-0.4, -0.2) is 22.8 Å². The second-order valence-electron chi connectivity index (χ2n) is 6.00. The first-order chi connectivity index (χ1) is 13.2. The molecule has 7 heteroatoms. The van der Waals surface area contributed by atoms with E-state index in [1.165, 1.54) is 6.08 Å². The summed E-state index contributed by atoms with van der Waals surface area (Å²) in [6.45, 7) is 1.99. The molecule has 0 saturated carbocycles. The van der Waals surface area contributed by atoms with Gasteiger partial charge in [-0.1, -0.05) is 35.5 Å². The van der Waals surface area contributed by atoms with Gasteiger partial charge in [-0.2, -0.15) is 4.98 Å². The van der Waals surface area contributed by atoms with Crippen molar-refractivity contribution >= 4 is 12.0 Å². The lowest BCUT2D eigenvalue weighted by Crippen LogP contribution is -2.24. The summed E-state index contributed by atoms with van der Waals surface area (Å²) >= 11 is 0. The van der Waals surface area contributed by atoms with Crippen molar-refractivity contribution in [3.63, 3.8) is 0 Å². The van der Waals surface area contributed by atoms with E-state index in [0.717, 1.165) is 11.1 Å². The summed E-state index contributed by atoms with van der Waals surface area (Å²) in [6, 6.07) is 14.6. The van der Waals surface area contributed by atoms with Crippen molar-refractivity contribution in [2.75, 3.05) is 6.79 Å². The number of nitrogens with zero attached hydrogens (tertiary/aromatic N) is 2. The molecule has 1 atom stereocenters. The van der Waals surface area contributed by atoms with E-state index in [9.17, 15) is 4.79 Å². The number of hydrogen-bond donors (Lipinski definition) is 1. The standard InChI is InChI=1S/C20H17N3O4/c1-13(21-18(24)10-7-14-5-3-2-4-6-14)20-22-19(23-27-20)15-8-9-16-17(11-15)26-12-25-16/h2-11,13H,12H2,1H3,(H,21,24)/b10-7+/t13-/m1/s1. The lowest BCUT2D eigenvalue weighted by atomic mass is 10.2. The molecule has 1 aliphatic heterocycles. The maximum atomic E-state index is 12.1. The minimum Gasteiger partial charge on any atom is -0.454 e. The van der Waals surface area contributed by atoms with Gasteiger partial charge in [0.15, 0.2) is 11.5 Å². The number of aromatic nitrogens is 2. The zero-order chi connectivity index (χ0) is 18.6. The third kappa shape index (κ3) is 3.82. The van der Waals surface area contributed by atoms with Crippen molar-refractivity contribution in [1.82, 2.24) is 15.5 Å². The number of amides is 1. The predicted octanol–water partition coefficient (Wildman–Crippen LogP) is 3.36. The van der Waals surface area contributed by atoms with Crippen LogP contribution in [-0.2, 0) is 4.79 Å². The number of nitrogens with one attached hydrogen (secondary N) is 1. The summed E-state index contributed by atoms with van der Waals surface area (Å²) in [5, 5.41) is 6.79. The van der Waals surface area contributed by atoms with Crippen LogP contribution in [0.4, 0.5) is 0 Å². The third-order valence-corrected chi connectivity index (χ3v) is 4.03. The Morgan fingerprint density at radius 3 is 2.81 bits per heavy atom. The highest BCUT2D eigenvalue weighted by atomic mass is 16.7. The maximum absolute atomic E-state index is 12.1. The van der Waals surface area contributed by atoms with E-state index >= 15 is 0 Å².